The Kier molecular flexibility index (Phi) is 6.63. The van der Waals surface area contributed by atoms with E-state index < -0.39 is 0 Å². The summed E-state index contributed by atoms with van der Waals surface area (Å²) in [5, 5.41) is 4.73. The number of hydrogen-bond donors (Lipinski definition) is 0. The van der Waals surface area contributed by atoms with E-state index in [1.807, 2.05) is 54.2 Å². The number of piperazine rings is 1. The lowest BCUT2D eigenvalue weighted by atomic mass is 10.1. The number of amides is 1. The normalized spacial score (nSPS) is 22.7. The molecule has 35 heavy (non-hydrogen) atoms. The van der Waals surface area contributed by atoms with Gasteiger partial charge in [-0.3, -0.25) is 24.0 Å². The number of rotatable bonds is 6. The molecule has 3 aliphatic rings. The Bertz CT molecular complexity index is 1280. The first kappa shape index (κ1) is 23.2. The zero-order valence-corrected chi connectivity index (χ0v) is 20.3. The minimum absolute atomic E-state index is 0.110. The first-order valence-corrected chi connectivity index (χ1v) is 12.3. The summed E-state index contributed by atoms with van der Waals surface area (Å²) < 4.78 is 14.3. The molecule has 0 radical (unpaired) electrons. The van der Waals surface area contributed by atoms with Crippen LogP contribution in [0.25, 0.3) is 11.1 Å². The molecule has 3 aliphatic heterocycles. The molecule has 8 heteroatoms. The zero-order chi connectivity index (χ0) is 24.4. The molecule has 0 unspecified atom stereocenters. The molecule has 0 spiro atoms. The highest BCUT2D eigenvalue weighted by Crippen LogP contribution is 2.26. The Morgan fingerprint density at radius 3 is 2.66 bits per heavy atom. The monoisotopic (exact) mass is 474 g/mol. The number of aromatic nitrogens is 3. The van der Waals surface area contributed by atoms with Crippen molar-refractivity contribution in [3.05, 3.63) is 83.4 Å². The zero-order valence-electron chi connectivity index (χ0n) is 20.3. The van der Waals surface area contributed by atoms with Crippen molar-refractivity contribution in [1.29, 1.82) is 0 Å². The van der Waals surface area contributed by atoms with Crippen molar-refractivity contribution in [3.63, 3.8) is 0 Å². The van der Waals surface area contributed by atoms with E-state index in [4.69, 9.17) is 5.10 Å². The fourth-order valence-electron chi connectivity index (χ4n) is 4.77. The van der Waals surface area contributed by atoms with Crippen molar-refractivity contribution < 1.29 is 9.18 Å². The highest BCUT2D eigenvalue weighted by molar-refractivity contribution is 5.99. The van der Waals surface area contributed by atoms with Crippen LogP contribution >= 0.6 is 0 Å². The lowest BCUT2D eigenvalue weighted by molar-refractivity contribution is -0.122. The predicted molar refractivity (Wildman–Crippen MR) is 135 cm³/mol. The van der Waals surface area contributed by atoms with Crippen molar-refractivity contribution in [2.24, 2.45) is 0 Å². The molecule has 0 aliphatic carbocycles. The van der Waals surface area contributed by atoms with Gasteiger partial charge in [0.1, 0.15) is 0 Å². The molecule has 0 saturated carbocycles. The van der Waals surface area contributed by atoms with Gasteiger partial charge in [0.15, 0.2) is 0 Å². The van der Waals surface area contributed by atoms with Gasteiger partial charge in [-0.1, -0.05) is 19.1 Å². The molecule has 0 atom stereocenters. The molecule has 0 aromatic carbocycles. The second-order valence-corrected chi connectivity index (χ2v) is 9.06. The van der Waals surface area contributed by atoms with E-state index in [0.717, 1.165) is 78.7 Å². The van der Waals surface area contributed by atoms with E-state index in [1.54, 1.807) is 11.0 Å². The van der Waals surface area contributed by atoms with E-state index in [9.17, 15) is 9.18 Å². The van der Waals surface area contributed by atoms with Crippen LogP contribution in [0.4, 0.5) is 4.39 Å². The van der Waals surface area contributed by atoms with E-state index >= 15 is 0 Å². The van der Waals surface area contributed by atoms with Gasteiger partial charge in [-0.05, 0) is 44.1 Å². The summed E-state index contributed by atoms with van der Waals surface area (Å²) in [6.45, 7) is 8.09. The smallest absolute Gasteiger partial charge is 0.255 e. The van der Waals surface area contributed by atoms with Crippen molar-refractivity contribution in [2.45, 2.75) is 26.7 Å². The van der Waals surface area contributed by atoms with Crippen molar-refractivity contribution in [2.75, 3.05) is 39.4 Å². The van der Waals surface area contributed by atoms with Gasteiger partial charge in [0.2, 0.25) is 0 Å². The maximum absolute atomic E-state index is 13.4. The standard InChI is InChI=1S/C27H31FN6O/c1-3-24-26-17-25(30-34(26)18-20(2)29-24)21-6-4-7-22-8-9-23(19-33(22)27(35)16-21)32-14-12-31(13-15-32)11-5-10-28/h4,6-9,16-19H,3,5,10-15H2,1-2H3/b6-4+,21-16+,22-7+. The second-order valence-electron chi connectivity index (χ2n) is 9.06. The molecule has 0 bridgehead atoms. The molecule has 2 aromatic rings. The minimum atomic E-state index is -0.268. The molecule has 1 amide bonds. The van der Waals surface area contributed by atoms with Crippen molar-refractivity contribution in [1.82, 2.24) is 29.3 Å². The lowest BCUT2D eigenvalue weighted by Crippen LogP contribution is -2.46. The van der Waals surface area contributed by atoms with Crippen LogP contribution in [0.3, 0.4) is 0 Å². The minimum Gasteiger partial charge on any atom is -0.368 e. The SMILES string of the molecule is CCc1nc(C)cn2nc(C3=C\C(=O)N4C=C(N5CCN(CCCF)CC5)C=C\C4=C/C=C/3)cc12. The molecule has 5 rings (SSSR count). The molecule has 5 heterocycles. The average Bonchev–Trinajstić information content (AvgIpc) is 3.29. The molecular weight excluding hydrogens is 443 g/mol. The van der Waals surface area contributed by atoms with Crippen LogP contribution < -0.4 is 0 Å². The fourth-order valence-corrected chi connectivity index (χ4v) is 4.77. The van der Waals surface area contributed by atoms with Crippen molar-refractivity contribution in [3.8, 4) is 0 Å². The Hall–Kier alpha value is -3.52. The number of nitrogens with zero attached hydrogens (tertiary/aromatic N) is 6. The van der Waals surface area contributed by atoms with E-state index in [2.05, 4.69) is 27.8 Å². The van der Waals surface area contributed by atoms with Crippen molar-refractivity contribution >= 4 is 17.0 Å². The number of carbonyl (C=O) groups excluding carboxylic acids is 1. The maximum atomic E-state index is 13.4. The molecule has 2 aromatic heterocycles. The summed E-state index contributed by atoms with van der Waals surface area (Å²) >= 11 is 0. The molecule has 7 nitrogen and oxygen atoms in total. The highest BCUT2D eigenvalue weighted by Gasteiger charge is 2.23. The van der Waals surface area contributed by atoms with Gasteiger partial charge in [0.25, 0.3) is 5.91 Å². The number of halogens is 1. The van der Waals surface area contributed by atoms with E-state index in [1.165, 1.54) is 0 Å². The number of aryl methyl sites for hydroxylation is 2. The van der Waals surface area contributed by atoms with E-state index in [0.29, 0.717) is 6.42 Å². The summed E-state index contributed by atoms with van der Waals surface area (Å²) in [6.07, 6.45) is 16.8. The first-order valence-electron chi connectivity index (χ1n) is 12.3. The van der Waals surface area contributed by atoms with Gasteiger partial charge in [0.05, 0.1) is 41.2 Å². The Balaban J connectivity index is 1.38. The second kappa shape index (κ2) is 10.00. The van der Waals surface area contributed by atoms with Crippen LogP contribution in [-0.2, 0) is 11.2 Å². The quantitative estimate of drug-likeness (QED) is 0.640. The number of allylic oxidation sites excluding steroid dienone is 6. The summed E-state index contributed by atoms with van der Waals surface area (Å²) in [7, 11) is 0. The third-order valence-corrected chi connectivity index (χ3v) is 6.65. The van der Waals surface area contributed by atoms with E-state index in [-0.39, 0.29) is 12.6 Å². The van der Waals surface area contributed by atoms with Gasteiger partial charge < -0.3 is 4.90 Å². The number of fused-ring (bicyclic) bond motifs is 2. The number of hydrogen-bond acceptors (Lipinski definition) is 5. The lowest BCUT2D eigenvalue weighted by Gasteiger charge is -2.38. The topological polar surface area (TPSA) is 57.0 Å². The van der Waals surface area contributed by atoms with Gasteiger partial charge in [-0.15, -0.1) is 0 Å². The van der Waals surface area contributed by atoms with Crippen LogP contribution in [0.2, 0.25) is 0 Å². The Labute approximate surface area is 205 Å². The number of alkyl halides is 1. The van der Waals surface area contributed by atoms with Gasteiger partial charge in [-0.25, -0.2) is 4.52 Å². The summed E-state index contributed by atoms with van der Waals surface area (Å²) in [5.74, 6) is -0.110. The molecule has 182 valence electrons. The molecule has 0 N–H and O–H groups in total. The summed E-state index contributed by atoms with van der Waals surface area (Å²) in [5.41, 5.74) is 6.22. The number of carbonyl (C=O) groups is 1. The third-order valence-electron chi connectivity index (χ3n) is 6.65. The van der Waals surface area contributed by atoms with Gasteiger partial charge in [0, 0.05) is 56.3 Å². The Morgan fingerprint density at radius 1 is 1.09 bits per heavy atom. The average molecular weight is 475 g/mol. The van der Waals surface area contributed by atoms with Crippen LogP contribution in [-0.4, -0.2) is 74.6 Å². The predicted octanol–water partition coefficient (Wildman–Crippen LogP) is 3.65. The maximum Gasteiger partial charge on any atom is 0.255 e. The van der Waals surface area contributed by atoms with Gasteiger partial charge in [-0.2, -0.15) is 5.10 Å². The molecular formula is C27H31FN6O. The van der Waals surface area contributed by atoms with Crippen LogP contribution in [0.1, 0.15) is 30.4 Å². The third kappa shape index (κ3) is 4.84. The van der Waals surface area contributed by atoms with Crippen LogP contribution in [0, 0.1) is 6.92 Å². The summed E-state index contributed by atoms with van der Waals surface area (Å²) in [4.78, 5) is 24.3. The Morgan fingerprint density at radius 2 is 1.89 bits per heavy atom. The largest absolute Gasteiger partial charge is 0.368 e. The van der Waals surface area contributed by atoms with Gasteiger partial charge >= 0.3 is 0 Å². The van der Waals surface area contributed by atoms with Crippen LogP contribution in [0.5, 0.6) is 0 Å². The first-order chi connectivity index (χ1) is 17.1. The summed E-state index contributed by atoms with van der Waals surface area (Å²) in [6, 6.07) is 2.00. The molecule has 1 saturated heterocycles. The highest BCUT2D eigenvalue weighted by atomic mass is 19.1. The molecule has 1 fully saturated rings. The van der Waals surface area contributed by atoms with Crippen LogP contribution in [0.15, 0.2) is 66.3 Å². The fraction of sp³-hybridized carbons (Fsp3) is 0.370.